The van der Waals surface area contributed by atoms with Gasteiger partial charge in [0, 0.05) is 36.6 Å². The molecule has 106 valence electrons. The summed E-state index contributed by atoms with van der Waals surface area (Å²) in [5.41, 5.74) is 3.39. The number of hydrogen-bond donors (Lipinski definition) is 1. The monoisotopic (exact) mass is 263 g/mol. The van der Waals surface area contributed by atoms with Gasteiger partial charge in [0.2, 0.25) is 0 Å². The normalized spacial score (nSPS) is 16.6. The fourth-order valence-electron chi connectivity index (χ4n) is 2.31. The number of ether oxygens (including phenoxy) is 1. The highest BCUT2D eigenvalue weighted by Crippen LogP contribution is 2.23. The molecule has 1 heterocycles. The minimum absolute atomic E-state index is 0.0211. The summed E-state index contributed by atoms with van der Waals surface area (Å²) in [6.07, 6.45) is 4.67. The van der Waals surface area contributed by atoms with Gasteiger partial charge in [-0.05, 0) is 33.1 Å². The van der Waals surface area contributed by atoms with Crippen molar-refractivity contribution in [1.29, 1.82) is 0 Å². The Balaban J connectivity index is 2.14. The van der Waals surface area contributed by atoms with E-state index in [4.69, 9.17) is 4.74 Å². The van der Waals surface area contributed by atoms with Crippen LogP contribution in [0.5, 0.6) is 0 Å². The molecule has 0 aliphatic heterocycles. The van der Waals surface area contributed by atoms with Crippen LogP contribution in [0.2, 0.25) is 0 Å². The van der Waals surface area contributed by atoms with Crippen LogP contribution < -0.4 is 5.32 Å². The molecule has 0 spiro atoms. The van der Waals surface area contributed by atoms with Gasteiger partial charge in [-0.1, -0.05) is 13.3 Å². The number of aromatic nitrogens is 2. The van der Waals surface area contributed by atoms with E-state index in [0.717, 1.165) is 36.6 Å². The van der Waals surface area contributed by atoms with Gasteiger partial charge < -0.3 is 10.1 Å². The predicted molar refractivity (Wildman–Crippen MR) is 76.0 cm³/mol. The topological polar surface area (TPSA) is 47.0 Å². The number of nitrogens with zero attached hydrogens (tertiary/aromatic N) is 2. The van der Waals surface area contributed by atoms with E-state index in [1.165, 1.54) is 18.4 Å². The molecule has 19 heavy (non-hydrogen) atoms. The summed E-state index contributed by atoms with van der Waals surface area (Å²) < 4.78 is 5.49. The molecule has 0 aromatic carbocycles. The molecular weight excluding hydrogens is 238 g/mol. The Kier molecular flexibility index (Phi) is 4.88. The standard InChI is InChI=1S/C15H25N3O/c1-5-6-14(19-4)15-17-10(2)13(11(3)18-15)9-16-12-7-8-12/h12,14,16H,5-9H2,1-4H3. The first-order chi connectivity index (χ1) is 9.15. The lowest BCUT2D eigenvalue weighted by atomic mass is 10.1. The minimum Gasteiger partial charge on any atom is -0.373 e. The van der Waals surface area contributed by atoms with Gasteiger partial charge in [0.15, 0.2) is 5.82 Å². The van der Waals surface area contributed by atoms with Gasteiger partial charge in [-0.2, -0.15) is 0 Å². The zero-order valence-corrected chi connectivity index (χ0v) is 12.5. The molecule has 0 radical (unpaired) electrons. The summed E-state index contributed by atoms with van der Waals surface area (Å²) >= 11 is 0. The van der Waals surface area contributed by atoms with Crippen molar-refractivity contribution in [2.24, 2.45) is 0 Å². The van der Waals surface area contributed by atoms with Gasteiger partial charge in [0.05, 0.1) is 0 Å². The number of hydrogen-bond acceptors (Lipinski definition) is 4. The molecule has 1 aliphatic carbocycles. The third-order valence-corrected chi connectivity index (χ3v) is 3.71. The van der Waals surface area contributed by atoms with Gasteiger partial charge in [-0.25, -0.2) is 9.97 Å². The molecule has 1 atom stereocenters. The summed E-state index contributed by atoms with van der Waals surface area (Å²) in [5.74, 6) is 0.828. The lowest BCUT2D eigenvalue weighted by molar-refractivity contribution is 0.0872. The van der Waals surface area contributed by atoms with E-state index < -0.39 is 0 Å². The van der Waals surface area contributed by atoms with Crippen LogP contribution in [0.1, 0.15) is 61.5 Å². The van der Waals surface area contributed by atoms with Crippen molar-refractivity contribution in [2.75, 3.05) is 7.11 Å². The number of rotatable bonds is 7. The van der Waals surface area contributed by atoms with Crippen LogP contribution in [0.25, 0.3) is 0 Å². The smallest absolute Gasteiger partial charge is 0.157 e. The van der Waals surface area contributed by atoms with Crippen molar-refractivity contribution in [3.63, 3.8) is 0 Å². The summed E-state index contributed by atoms with van der Waals surface area (Å²) in [6, 6.07) is 0.713. The van der Waals surface area contributed by atoms with Crippen molar-refractivity contribution in [1.82, 2.24) is 15.3 Å². The Bertz CT molecular complexity index is 406. The van der Waals surface area contributed by atoms with Crippen LogP contribution >= 0.6 is 0 Å². The van der Waals surface area contributed by atoms with Crippen LogP contribution in [-0.4, -0.2) is 23.1 Å². The second-order valence-electron chi connectivity index (χ2n) is 5.40. The first kappa shape index (κ1) is 14.4. The molecular formula is C15H25N3O. The maximum Gasteiger partial charge on any atom is 0.157 e. The zero-order valence-electron chi connectivity index (χ0n) is 12.5. The third-order valence-electron chi connectivity index (χ3n) is 3.71. The Labute approximate surface area is 116 Å². The molecule has 1 aromatic rings. The Morgan fingerprint density at radius 3 is 2.37 bits per heavy atom. The number of aryl methyl sites for hydroxylation is 2. The second kappa shape index (κ2) is 6.44. The summed E-state index contributed by atoms with van der Waals surface area (Å²) in [4.78, 5) is 9.29. The molecule has 2 rings (SSSR count). The molecule has 1 aromatic heterocycles. The molecule has 1 unspecified atom stereocenters. The molecule has 4 nitrogen and oxygen atoms in total. The number of nitrogens with one attached hydrogen (secondary N) is 1. The van der Waals surface area contributed by atoms with E-state index in [2.05, 4.69) is 36.1 Å². The van der Waals surface area contributed by atoms with E-state index in [1.54, 1.807) is 7.11 Å². The van der Waals surface area contributed by atoms with Crippen LogP contribution in [0.15, 0.2) is 0 Å². The maximum atomic E-state index is 5.49. The van der Waals surface area contributed by atoms with E-state index in [-0.39, 0.29) is 6.10 Å². The van der Waals surface area contributed by atoms with Crippen LogP contribution in [0.3, 0.4) is 0 Å². The Morgan fingerprint density at radius 2 is 1.89 bits per heavy atom. The van der Waals surface area contributed by atoms with Crippen molar-refractivity contribution in [3.8, 4) is 0 Å². The highest BCUT2D eigenvalue weighted by molar-refractivity contribution is 5.25. The van der Waals surface area contributed by atoms with E-state index in [9.17, 15) is 0 Å². The molecule has 0 amide bonds. The molecule has 4 heteroatoms. The van der Waals surface area contributed by atoms with Gasteiger partial charge in [0.25, 0.3) is 0 Å². The fourth-order valence-corrected chi connectivity index (χ4v) is 2.31. The Morgan fingerprint density at radius 1 is 1.26 bits per heavy atom. The SMILES string of the molecule is CCCC(OC)c1nc(C)c(CNC2CC2)c(C)n1. The molecule has 0 saturated heterocycles. The molecule has 1 saturated carbocycles. The molecule has 1 fully saturated rings. The number of methoxy groups -OCH3 is 1. The van der Waals surface area contributed by atoms with Crippen LogP contribution in [0.4, 0.5) is 0 Å². The lowest BCUT2D eigenvalue weighted by Gasteiger charge is -2.16. The largest absolute Gasteiger partial charge is 0.373 e. The predicted octanol–water partition coefficient (Wildman–Crippen LogP) is 2.83. The van der Waals surface area contributed by atoms with E-state index >= 15 is 0 Å². The molecule has 0 bridgehead atoms. The minimum atomic E-state index is 0.0211. The first-order valence-corrected chi connectivity index (χ1v) is 7.25. The van der Waals surface area contributed by atoms with Gasteiger partial charge in [0.1, 0.15) is 6.10 Å². The van der Waals surface area contributed by atoms with Crippen molar-refractivity contribution in [3.05, 3.63) is 22.8 Å². The van der Waals surface area contributed by atoms with Gasteiger partial charge in [-0.3, -0.25) is 0 Å². The van der Waals surface area contributed by atoms with Gasteiger partial charge >= 0.3 is 0 Å². The average molecular weight is 263 g/mol. The van der Waals surface area contributed by atoms with Crippen LogP contribution in [0, 0.1) is 13.8 Å². The van der Waals surface area contributed by atoms with Crippen molar-refractivity contribution in [2.45, 2.75) is 65.1 Å². The fraction of sp³-hybridized carbons (Fsp3) is 0.733. The highest BCUT2D eigenvalue weighted by atomic mass is 16.5. The quantitative estimate of drug-likeness (QED) is 0.821. The zero-order chi connectivity index (χ0) is 13.8. The van der Waals surface area contributed by atoms with Crippen molar-refractivity contribution >= 4 is 0 Å². The maximum absolute atomic E-state index is 5.49. The van der Waals surface area contributed by atoms with E-state index in [1.807, 2.05) is 0 Å². The summed E-state index contributed by atoms with van der Waals surface area (Å²) in [6.45, 7) is 7.18. The first-order valence-electron chi connectivity index (χ1n) is 7.25. The third kappa shape index (κ3) is 3.74. The highest BCUT2D eigenvalue weighted by Gasteiger charge is 2.22. The Hall–Kier alpha value is -1.00. The lowest BCUT2D eigenvalue weighted by Crippen LogP contribution is -2.19. The van der Waals surface area contributed by atoms with Crippen molar-refractivity contribution < 1.29 is 4.74 Å². The van der Waals surface area contributed by atoms with Crippen LogP contribution in [-0.2, 0) is 11.3 Å². The van der Waals surface area contributed by atoms with Gasteiger partial charge in [-0.15, -0.1) is 0 Å². The molecule has 1 aliphatic rings. The average Bonchev–Trinajstić information content (AvgIpc) is 3.18. The summed E-state index contributed by atoms with van der Waals surface area (Å²) in [7, 11) is 1.73. The van der Waals surface area contributed by atoms with E-state index in [0.29, 0.717) is 6.04 Å². The molecule has 1 N–H and O–H groups in total. The second-order valence-corrected chi connectivity index (χ2v) is 5.40. The summed E-state index contributed by atoms with van der Waals surface area (Å²) in [5, 5.41) is 3.53.